The number of esters is 3. The molecule has 0 saturated carbocycles. The maximum absolute atomic E-state index is 12.4. The van der Waals surface area contributed by atoms with Gasteiger partial charge in [-0.1, -0.05) is 150 Å². The SMILES string of the molecule is CCCCCCCCCCCC(=O)OC[C@H](COC(=O)CCCCCCCCC(C)CC)OC(=O)CCCCCCC. The molecule has 6 nitrogen and oxygen atoms in total. The zero-order chi connectivity index (χ0) is 31.1. The van der Waals surface area contributed by atoms with Crippen LogP contribution < -0.4 is 0 Å². The molecule has 0 amide bonds. The van der Waals surface area contributed by atoms with E-state index in [1.54, 1.807) is 0 Å². The molecule has 0 aliphatic rings. The van der Waals surface area contributed by atoms with Gasteiger partial charge >= 0.3 is 17.9 Å². The van der Waals surface area contributed by atoms with Crippen molar-refractivity contribution in [1.82, 2.24) is 0 Å². The lowest BCUT2D eigenvalue weighted by Crippen LogP contribution is -2.30. The quantitative estimate of drug-likeness (QED) is 0.0450. The molecule has 0 N–H and O–H groups in total. The average molecular weight is 597 g/mol. The van der Waals surface area contributed by atoms with Gasteiger partial charge in [0, 0.05) is 19.3 Å². The zero-order valence-electron chi connectivity index (χ0n) is 28.2. The molecule has 0 aliphatic carbocycles. The van der Waals surface area contributed by atoms with Crippen LogP contribution in [0.2, 0.25) is 0 Å². The fourth-order valence-corrected chi connectivity index (χ4v) is 5.00. The van der Waals surface area contributed by atoms with E-state index in [0.717, 1.165) is 70.1 Å². The van der Waals surface area contributed by atoms with Gasteiger partial charge in [-0.05, 0) is 25.2 Å². The first kappa shape index (κ1) is 40.4. The van der Waals surface area contributed by atoms with Crippen LogP contribution in [0, 0.1) is 5.92 Å². The van der Waals surface area contributed by atoms with Crippen molar-refractivity contribution in [2.24, 2.45) is 5.92 Å². The summed E-state index contributed by atoms with van der Waals surface area (Å²) in [6.45, 7) is 8.81. The van der Waals surface area contributed by atoms with E-state index in [2.05, 4.69) is 27.7 Å². The van der Waals surface area contributed by atoms with Crippen LogP contribution in [-0.2, 0) is 28.6 Å². The third-order valence-electron chi connectivity index (χ3n) is 8.15. The van der Waals surface area contributed by atoms with E-state index in [9.17, 15) is 14.4 Å². The van der Waals surface area contributed by atoms with Crippen molar-refractivity contribution >= 4 is 17.9 Å². The van der Waals surface area contributed by atoms with Crippen LogP contribution in [0.3, 0.4) is 0 Å². The molecule has 0 radical (unpaired) electrons. The number of carbonyl (C=O) groups excluding carboxylic acids is 3. The Balaban J connectivity index is 4.29. The predicted molar refractivity (Wildman–Crippen MR) is 173 cm³/mol. The molecule has 1 unspecified atom stereocenters. The van der Waals surface area contributed by atoms with Crippen molar-refractivity contribution in [2.75, 3.05) is 13.2 Å². The average Bonchev–Trinajstić information content (AvgIpc) is 2.98. The highest BCUT2D eigenvalue weighted by Crippen LogP contribution is 2.15. The molecule has 0 bridgehead atoms. The van der Waals surface area contributed by atoms with Crippen LogP contribution >= 0.6 is 0 Å². The van der Waals surface area contributed by atoms with Crippen LogP contribution in [0.25, 0.3) is 0 Å². The van der Waals surface area contributed by atoms with E-state index < -0.39 is 6.10 Å². The highest BCUT2D eigenvalue weighted by Gasteiger charge is 2.19. The van der Waals surface area contributed by atoms with Gasteiger partial charge in [0.25, 0.3) is 0 Å². The van der Waals surface area contributed by atoms with Gasteiger partial charge < -0.3 is 14.2 Å². The second kappa shape index (κ2) is 30.9. The van der Waals surface area contributed by atoms with Gasteiger partial charge in [0.1, 0.15) is 13.2 Å². The Hall–Kier alpha value is -1.59. The number of carbonyl (C=O) groups is 3. The summed E-state index contributed by atoms with van der Waals surface area (Å²) in [6.07, 6.45) is 25.5. The van der Waals surface area contributed by atoms with Gasteiger partial charge in [-0.25, -0.2) is 0 Å². The lowest BCUT2D eigenvalue weighted by molar-refractivity contribution is -0.167. The van der Waals surface area contributed by atoms with Crippen LogP contribution in [0.5, 0.6) is 0 Å². The van der Waals surface area contributed by atoms with Crippen molar-refractivity contribution in [2.45, 2.75) is 194 Å². The molecule has 0 rings (SSSR count). The monoisotopic (exact) mass is 597 g/mol. The highest BCUT2D eigenvalue weighted by atomic mass is 16.6. The number of hydrogen-bond donors (Lipinski definition) is 0. The smallest absolute Gasteiger partial charge is 0.306 e. The number of ether oxygens (including phenoxy) is 3. The van der Waals surface area contributed by atoms with Crippen LogP contribution in [0.1, 0.15) is 188 Å². The Labute approximate surface area is 259 Å². The summed E-state index contributed by atoms with van der Waals surface area (Å²) in [5, 5.41) is 0. The summed E-state index contributed by atoms with van der Waals surface area (Å²) in [7, 11) is 0. The molecular formula is C36H68O6. The Bertz CT molecular complexity index is 634. The lowest BCUT2D eigenvalue weighted by atomic mass is 10.00. The third kappa shape index (κ3) is 28.5. The van der Waals surface area contributed by atoms with E-state index in [1.807, 2.05) is 0 Å². The first-order valence-electron chi connectivity index (χ1n) is 17.9. The summed E-state index contributed by atoms with van der Waals surface area (Å²) >= 11 is 0. The third-order valence-corrected chi connectivity index (χ3v) is 8.15. The lowest BCUT2D eigenvalue weighted by Gasteiger charge is -2.18. The van der Waals surface area contributed by atoms with E-state index in [4.69, 9.17) is 14.2 Å². The minimum absolute atomic E-state index is 0.0677. The van der Waals surface area contributed by atoms with Crippen LogP contribution in [-0.4, -0.2) is 37.2 Å². The normalized spacial score (nSPS) is 12.6. The minimum Gasteiger partial charge on any atom is -0.462 e. The number of hydrogen-bond acceptors (Lipinski definition) is 6. The number of rotatable bonds is 31. The Morgan fingerprint density at radius 3 is 1.24 bits per heavy atom. The molecule has 0 spiro atoms. The van der Waals surface area contributed by atoms with E-state index in [-0.39, 0.29) is 31.1 Å². The van der Waals surface area contributed by atoms with Gasteiger partial charge in [0.15, 0.2) is 6.10 Å². The van der Waals surface area contributed by atoms with Gasteiger partial charge in [-0.3, -0.25) is 14.4 Å². The van der Waals surface area contributed by atoms with E-state index in [0.29, 0.717) is 19.3 Å². The second-order valence-corrected chi connectivity index (χ2v) is 12.4. The first-order chi connectivity index (χ1) is 20.4. The van der Waals surface area contributed by atoms with Gasteiger partial charge in [-0.15, -0.1) is 0 Å². The fourth-order valence-electron chi connectivity index (χ4n) is 5.00. The highest BCUT2D eigenvalue weighted by molar-refractivity contribution is 5.71. The summed E-state index contributed by atoms with van der Waals surface area (Å²) < 4.78 is 16.4. The Kier molecular flexibility index (Phi) is 29.7. The van der Waals surface area contributed by atoms with Gasteiger partial charge in [0.2, 0.25) is 0 Å². The van der Waals surface area contributed by atoms with Gasteiger partial charge in [0.05, 0.1) is 0 Å². The summed E-state index contributed by atoms with van der Waals surface area (Å²) in [6, 6.07) is 0. The molecule has 6 heteroatoms. The van der Waals surface area contributed by atoms with E-state index in [1.165, 1.54) is 77.0 Å². The summed E-state index contributed by atoms with van der Waals surface area (Å²) in [4.78, 5) is 37.0. The summed E-state index contributed by atoms with van der Waals surface area (Å²) in [5.41, 5.74) is 0. The molecule has 2 atom stereocenters. The van der Waals surface area contributed by atoms with Gasteiger partial charge in [-0.2, -0.15) is 0 Å². The second-order valence-electron chi connectivity index (χ2n) is 12.4. The molecule has 0 aromatic carbocycles. The zero-order valence-corrected chi connectivity index (χ0v) is 28.2. The molecule has 0 aromatic heterocycles. The molecule has 248 valence electrons. The first-order valence-corrected chi connectivity index (χ1v) is 17.9. The van der Waals surface area contributed by atoms with Crippen molar-refractivity contribution in [3.8, 4) is 0 Å². The maximum Gasteiger partial charge on any atom is 0.306 e. The largest absolute Gasteiger partial charge is 0.462 e. The van der Waals surface area contributed by atoms with Crippen molar-refractivity contribution in [3.05, 3.63) is 0 Å². The molecule has 42 heavy (non-hydrogen) atoms. The number of unbranched alkanes of at least 4 members (excludes halogenated alkanes) is 17. The maximum atomic E-state index is 12.4. The Morgan fingerprint density at radius 2 is 0.833 bits per heavy atom. The molecule has 0 fully saturated rings. The summed E-state index contributed by atoms with van der Waals surface area (Å²) in [5.74, 6) is -0.0739. The molecular weight excluding hydrogens is 528 g/mol. The van der Waals surface area contributed by atoms with Crippen molar-refractivity contribution in [1.29, 1.82) is 0 Å². The fraction of sp³-hybridized carbons (Fsp3) is 0.917. The van der Waals surface area contributed by atoms with E-state index >= 15 is 0 Å². The van der Waals surface area contributed by atoms with Crippen molar-refractivity contribution in [3.63, 3.8) is 0 Å². The molecule has 0 saturated heterocycles. The standard InChI is InChI=1S/C36H68O6/c1-5-8-10-12-13-14-15-20-23-27-34(37)40-30-33(42-36(39)29-25-18-11-9-6-2)31-41-35(38)28-24-21-17-16-19-22-26-32(4)7-3/h32-33H,5-31H2,1-4H3/t32?,33-/m1/s1. The molecule has 0 aliphatic heterocycles. The minimum atomic E-state index is -0.755. The van der Waals surface area contributed by atoms with Crippen molar-refractivity contribution < 1.29 is 28.6 Å². The van der Waals surface area contributed by atoms with Crippen LogP contribution in [0.4, 0.5) is 0 Å². The Morgan fingerprint density at radius 1 is 0.476 bits per heavy atom. The predicted octanol–water partition coefficient (Wildman–Crippen LogP) is 10.4. The molecule has 0 aromatic rings. The topological polar surface area (TPSA) is 78.9 Å². The van der Waals surface area contributed by atoms with Crippen LogP contribution in [0.15, 0.2) is 0 Å². The molecule has 0 heterocycles.